The Labute approximate surface area is 95.8 Å². The standard InChI is InChI=1S/C11H20N4O/c1-2-11(5-3-4-6-11)8-13-10-15-14-9(7-12)16-10/h2-8,12H2,1H3,(H,13,15). The monoisotopic (exact) mass is 224 g/mol. The number of hydrogen-bond acceptors (Lipinski definition) is 5. The summed E-state index contributed by atoms with van der Waals surface area (Å²) in [5.74, 6) is 0.486. The van der Waals surface area contributed by atoms with Crippen molar-refractivity contribution in [3.63, 3.8) is 0 Å². The van der Waals surface area contributed by atoms with Gasteiger partial charge in [0.05, 0.1) is 6.54 Å². The maximum absolute atomic E-state index is 5.41. The van der Waals surface area contributed by atoms with E-state index in [2.05, 4.69) is 22.4 Å². The van der Waals surface area contributed by atoms with Crippen molar-refractivity contribution in [1.82, 2.24) is 10.2 Å². The predicted molar refractivity (Wildman–Crippen MR) is 61.9 cm³/mol. The summed E-state index contributed by atoms with van der Waals surface area (Å²) in [4.78, 5) is 0. The van der Waals surface area contributed by atoms with Crippen LogP contribution in [0, 0.1) is 5.41 Å². The number of aromatic nitrogens is 2. The fraction of sp³-hybridized carbons (Fsp3) is 0.818. The highest BCUT2D eigenvalue weighted by atomic mass is 16.4. The number of nitrogens with one attached hydrogen (secondary N) is 1. The molecule has 0 atom stereocenters. The van der Waals surface area contributed by atoms with Crippen molar-refractivity contribution < 1.29 is 4.42 Å². The topological polar surface area (TPSA) is 77.0 Å². The van der Waals surface area contributed by atoms with Crippen LogP contribution in [0.5, 0.6) is 0 Å². The summed E-state index contributed by atoms with van der Waals surface area (Å²) < 4.78 is 5.32. The van der Waals surface area contributed by atoms with E-state index < -0.39 is 0 Å². The summed E-state index contributed by atoms with van der Waals surface area (Å²) >= 11 is 0. The zero-order valence-electron chi connectivity index (χ0n) is 9.83. The highest BCUT2D eigenvalue weighted by Gasteiger charge is 2.32. The Kier molecular flexibility index (Phi) is 3.43. The summed E-state index contributed by atoms with van der Waals surface area (Å²) in [7, 11) is 0. The minimum Gasteiger partial charge on any atom is -0.407 e. The van der Waals surface area contributed by atoms with E-state index in [1.807, 2.05) is 0 Å². The molecule has 16 heavy (non-hydrogen) atoms. The quantitative estimate of drug-likeness (QED) is 0.799. The van der Waals surface area contributed by atoms with Crippen molar-refractivity contribution >= 4 is 6.01 Å². The summed E-state index contributed by atoms with van der Waals surface area (Å²) in [6.45, 7) is 3.48. The van der Waals surface area contributed by atoms with E-state index in [-0.39, 0.29) is 0 Å². The van der Waals surface area contributed by atoms with E-state index in [4.69, 9.17) is 10.2 Å². The van der Waals surface area contributed by atoms with Gasteiger partial charge in [0, 0.05) is 6.54 Å². The van der Waals surface area contributed by atoms with Crippen LogP contribution < -0.4 is 11.1 Å². The second-order valence-corrected chi connectivity index (χ2v) is 4.62. The Bertz CT molecular complexity index is 330. The molecule has 1 aromatic heterocycles. The minimum atomic E-state index is 0.299. The maximum atomic E-state index is 5.41. The molecule has 0 aliphatic heterocycles. The summed E-state index contributed by atoms with van der Waals surface area (Å²) in [6, 6.07) is 0.500. The lowest BCUT2D eigenvalue weighted by Crippen LogP contribution is -2.25. The first-order valence-electron chi connectivity index (χ1n) is 6.04. The molecule has 0 spiro atoms. The third-order valence-electron chi connectivity index (χ3n) is 3.67. The minimum absolute atomic E-state index is 0.299. The number of hydrogen-bond donors (Lipinski definition) is 2. The van der Waals surface area contributed by atoms with Crippen LogP contribution in [0.15, 0.2) is 4.42 Å². The molecular formula is C11H20N4O. The van der Waals surface area contributed by atoms with Gasteiger partial charge in [-0.25, -0.2) is 0 Å². The van der Waals surface area contributed by atoms with E-state index in [0.29, 0.717) is 23.9 Å². The van der Waals surface area contributed by atoms with Crippen LogP contribution in [0.2, 0.25) is 0 Å². The average Bonchev–Trinajstić information content (AvgIpc) is 2.96. The Morgan fingerprint density at radius 3 is 2.69 bits per heavy atom. The molecule has 1 aliphatic carbocycles. The Balaban J connectivity index is 1.90. The highest BCUT2D eigenvalue weighted by molar-refractivity contribution is 5.18. The van der Waals surface area contributed by atoms with Gasteiger partial charge in [-0.3, -0.25) is 0 Å². The molecular weight excluding hydrogens is 204 g/mol. The van der Waals surface area contributed by atoms with Crippen molar-refractivity contribution in [3.05, 3.63) is 5.89 Å². The summed E-state index contributed by atoms with van der Waals surface area (Å²) in [6.07, 6.45) is 6.49. The fourth-order valence-corrected chi connectivity index (χ4v) is 2.45. The predicted octanol–water partition coefficient (Wildman–Crippen LogP) is 1.91. The smallest absolute Gasteiger partial charge is 0.315 e. The largest absolute Gasteiger partial charge is 0.407 e. The normalized spacial score (nSPS) is 18.9. The number of rotatable bonds is 5. The van der Waals surface area contributed by atoms with Crippen molar-refractivity contribution in [3.8, 4) is 0 Å². The molecule has 5 nitrogen and oxygen atoms in total. The van der Waals surface area contributed by atoms with Gasteiger partial charge in [0.25, 0.3) is 0 Å². The molecule has 0 bridgehead atoms. The lowest BCUT2D eigenvalue weighted by atomic mass is 9.83. The van der Waals surface area contributed by atoms with E-state index in [1.54, 1.807) is 0 Å². The van der Waals surface area contributed by atoms with E-state index in [1.165, 1.54) is 32.1 Å². The third-order valence-corrected chi connectivity index (χ3v) is 3.67. The Hall–Kier alpha value is -1.10. The first kappa shape index (κ1) is 11.4. The summed E-state index contributed by atoms with van der Waals surface area (Å²) in [5, 5.41) is 11.0. The SMILES string of the molecule is CCC1(CNc2nnc(CN)o2)CCCC1. The van der Waals surface area contributed by atoms with Crippen molar-refractivity contribution in [2.75, 3.05) is 11.9 Å². The van der Waals surface area contributed by atoms with E-state index in [0.717, 1.165) is 6.54 Å². The second-order valence-electron chi connectivity index (χ2n) is 4.62. The zero-order chi connectivity index (χ0) is 11.4. The van der Waals surface area contributed by atoms with Crippen LogP contribution in [0.3, 0.4) is 0 Å². The van der Waals surface area contributed by atoms with Crippen molar-refractivity contribution in [2.45, 2.75) is 45.6 Å². The van der Waals surface area contributed by atoms with Gasteiger partial charge in [0.15, 0.2) is 0 Å². The average molecular weight is 224 g/mol. The van der Waals surface area contributed by atoms with Crippen LogP contribution in [0.1, 0.15) is 44.9 Å². The molecule has 0 amide bonds. The van der Waals surface area contributed by atoms with E-state index >= 15 is 0 Å². The molecule has 3 N–H and O–H groups in total. The number of anilines is 1. The molecule has 5 heteroatoms. The van der Waals surface area contributed by atoms with Crippen molar-refractivity contribution in [1.29, 1.82) is 0 Å². The molecule has 0 radical (unpaired) electrons. The Morgan fingerprint density at radius 2 is 2.12 bits per heavy atom. The van der Waals surface area contributed by atoms with Gasteiger partial charge in [0.2, 0.25) is 5.89 Å². The maximum Gasteiger partial charge on any atom is 0.315 e. The third kappa shape index (κ3) is 2.35. The molecule has 0 unspecified atom stereocenters. The molecule has 0 aromatic carbocycles. The van der Waals surface area contributed by atoms with Crippen LogP contribution in [-0.4, -0.2) is 16.7 Å². The summed E-state index contributed by atoms with van der Waals surface area (Å²) in [5.41, 5.74) is 5.84. The molecule has 1 aromatic rings. The Morgan fingerprint density at radius 1 is 1.38 bits per heavy atom. The van der Waals surface area contributed by atoms with Crippen LogP contribution >= 0.6 is 0 Å². The van der Waals surface area contributed by atoms with Gasteiger partial charge in [-0.2, -0.15) is 0 Å². The van der Waals surface area contributed by atoms with Crippen LogP contribution in [-0.2, 0) is 6.54 Å². The second kappa shape index (κ2) is 4.82. The first-order chi connectivity index (χ1) is 7.78. The van der Waals surface area contributed by atoms with Gasteiger partial charge in [-0.1, -0.05) is 24.9 Å². The van der Waals surface area contributed by atoms with Gasteiger partial charge in [-0.05, 0) is 24.7 Å². The molecule has 1 saturated carbocycles. The highest BCUT2D eigenvalue weighted by Crippen LogP contribution is 2.40. The zero-order valence-corrected chi connectivity index (χ0v) is 9.83. The van der Waals surface area contributed by atoms with Gasteiger partial charge in [0.1, 0.15) is 0 Å². The molecule has 2 rings (SSSR count). The number of nitrogens with zero attached hydrogens (tertiary/aromatic N) is 2. The molecule has 1 heterocycles. The fourth-order valence-electron chi connectivity index (χ4n) is 2.45. The van der Waals surface area contributed by atoms with Crippen LogP contribution in [0.25, 0.3) is 0 Å². The van der Waals surface area contributed by atoms with E-state index in [9.17, 15) is 0 Å². The van der Waals surface area contributed by atoms with Gasteiger partial charge in [-0.15, -0.1) is 5.10 Å². The molecule has 1 aliphatic rings. The lowest BCUT2D eigenvalue weighted by molar-refractivity contribution is 0.303. The van der Waals surface area contributed by atoms with Crippen LogP contribution in [0.4, 0.5) is 6.01 Å². The van der Waals surface area contributed by atoms with Gasteiger partial charge < -0.3 is 15.5 Å². The van der Waals surface area contributed by atoms with Crippen molar-refractivity contribution in [2.24, 2.45) is 11.1 Å². The van der Waals surface area contributed by atoms with Gasteiger partial charge >= 0.3 is 6.01 Å². The number of nitrogens with two attached hydrogens (primary N) is 1. The lowest BCUT2D eigenvalue weighted by Gasteiger charge is -2.26. The first-order valence-corrected chi connectivity index (χ1v) is 6.04. The molecule has 1 fully saturated rings. The molecule has 0 saturated heterocycles. The molecule has 90 valence electrons.